The number of hydrogen-bond acceptors (Lipinski definition) is 2. The number of rotatable bonds is 2. The molecule has 0 spiro atoms. The van der Waals surface area contributed by atoms with Crippen LogP contribution in [0.15, 0.2) is 0 Å². The molecule has 3 heteroatoms. The van der Waals surface area contributed by atoms with Crippen LogP contribution in [0.3, 0.4) is 0 Å². The van der Waals surface area contributed by atoms with E-state index in [-0.39, 0.29) is 6.54 Å². The highest BCUT2D eigenvalue weighted by Crippen LogP contribution is 2.15. The minimum Gasteiger partial charge on any atom is -0.480 e. The van der Waals surface area contributed by atoms with Crippen molar-refractivity contribution in [2.45, 2.75) is 38.6 Å². The van der Waals surface area contributed by atoms with Gasteiger partial charge in [0.2, 0.25) is 0 Å². The van der Waals surface area contributed by atoms with Crippen LogP contribution in [0, 0.1) is 0 Å². The molecule has 0 saturated carbocycles. The summed E-state index contributed by atoms with van der Waals surface area (Å²) < 4.78 is 0. The van der Waals surface area contributed by atoms with Gasteiger partial charge in [0, 0.05) is 6.04 Å². The summed E-state index contributed by atoms with van der Waals surface area (Å²) in [6.07, 6.45) is 4.79. The van der Waals surface area contributed by atoms with Gasteiger partial charge in [-0.05, 0) is 26.3 Å². The van der Waals surface area contributed by atoms with Crippen molar-refractivity contribution < 1.29 is 9.90 Å². The predicted octanol–water partition coefficient (Wildman–Crippen LogP) is 1.34. The third kappa shape index (κ3) is 2.81. The van der Waals surface area contributed by atoms with Gasteiger partial charge >= 0.3 is 5.97 Å². The van der Waals surface area contributed by atoms with Gasteiger partial charge in [-0.2, -0.15) is 0 Å². The number of carboxylic acids is 1. The largest absolute Gasteiger partial charge is 0.480 e. The molecule has 0 amide bonds. The molecular weight excluding hydrogens is 154 g/mol. The first-order valence-corrected chi connectivity index (χ1v) is 4.66. The molecule has 1 aliphatic heterocycles. The fourth-order valence-corrected chi connectivity index (χ4v) is 1.74. The molecule has 1 heterocycles. The molecule has 12 heavy (non-hydrogen) atoms. The van der Waals surface area contributed by atoms with Crippen LogP contribution in [0.25, 0.3) is 0 Å². The Kier molecular flexibility index (Phi) is 3.53. The standard InChI is InChI=1S/C9H17NO2/c1-8-5-3-2-4-6-10(8)7-9(11)12/h8H,2-7H2,1H3,(H,11,12). The molecule has 3 nitrogen and oxygen atoms in total. The number of likely N-dealkylation sites (tertiary alicyclic amines) is 1. The van der Waals surface area contributed by atoms with E-state index in [0.29, 0.717) is 6.04 Å². The maximum absolute atomic E-state index is 10.5. The van der Waals surface area contributed by atoms with Gasteiger partial charge < -0.3 is 5.11 Å². The summed E-state index contributed by atoms with van der Waals surface area (Å²) in [7, 11) is 0. The Balaban J connectivity index is 2.41. The Morgan fingerprint density at radius 2 is 2.25 bits per heavy atom. The Bertz CT molecular complexity index is 159. The molecule has 0 aromatic heterocycles. The lowest BCUT2D eigenvalue weighted by atomic mass is 10.1. The van der Waals surface area contributed by atoms with Gasteiger partial charge in [0.15, 0.2) is 0 Å². The van der Waals surface area contributed by atoms with Crippen molar-refractivity contribution in [2.75, 3.05) is 13.1 Å². The van der Waals surface area contributed by atoms with Gasteiger partial charge in [-0.15, -0.1) is 0 Å². The second-order valence-corrected chi connectivity index (χ2v) is 3.56. The molecule has 70 valence electrons. The second kappa shape index (κ2) is 4.45. The van der Waals surface area contributed by atoms with Crippen LogP contribution in [0.2, 0.25) is 0 Å². The average Bonchev–Trinajstić information content (AvgIpc) is 2.16. The minimum absolute atomic E-state index is 0.209. The summed E-state index contributed by atoms with van der Waals surface area (Å²) in [4.78, 5) is 12.5. The fourth-order valence-electron chi connectivity index (χ4n) is 1.74. The van der Waals surface area contributed by atoms with Crippen molar-refractivity contribution >= 4 is 5.97 Å². The van der Waals surface area contributed by atoms with E-state index in [1.807, 2.05) is 0 Å². The van der Waals surface area contributed by atoms with E-state index in [9.17, 15) is 4.79 Å². The van der Waals surface area contributed by atoms with Gasteiger partial charge in [0.25, 0.3) is 0 Å². The highest BCUT2D eigenvalue weighted by molar-refractivity contribution is 5.69. The molecule has 0 radical (unpaired) electrons. The van der Waals surface area contributed by atoms with Crippen molar-refractivity contribution in [3.63, 3.8) is 0 Å². The average molecular weight is 171 g/mol. The van der Waals surface area contributed by atoms with Crippen LogP contribution >= 0.6 is 0 Å². The van der Waals surface area contributed by atoms with Crippen LogP contribution in [-0.2, 0) is 4.79 Å². The number of hydrogen-bond donors (Lipinski definition) is 1. The van der Waals surface area contributed by atoms with Gasteiger partial charge in [-0.3, -0.25) is 9.69 Å². The molecule has 1 rings (SSSR count). The second-order valence-electron chi connectivity index (χ2n) is 3.56. The quantitative estimate of drug-likeness (QED) is 0.681. The molecule has 1 atom stereocenters. The fraction of sp³-hybridized carbons (Fsp3) is 0.889. The normalized spacial score (nSPS) is 26.6. The Morgan fingerprint density at radius 3 is 2.92 bits per heavy atom. The van der Waals surface area contributed by atoms with Crippen LogP contribution in [-0.4, -0.2) is 35.1 Å². The van der Waals surface area contributed by atoms with E-state index in [0.717, 1.165) is 19.4 Å². The number of carboxylic acid groups (broad SMARTS) is 1. The van der Waals surface area contributed by atoms with Crippen molar-refractivity contribution in [3.05, 3.63) is 0 Å². The van der Waals surface area contributed by atoms with E-state index in [4.69, 9.17) is 5.11 Å². The zero-order chi connectivity index (χ0) is 8.97. The highest BCUT2D eigenvalue weighted by Gasteiger charge is 2.18. The topological polar surface area (TPSA) is 40.5 Å². The van der Waals surface area contributed by atoms with Crippen molar-refractivity contribution in [3.8, 4) is 0 Å². The van der Waals surface area contributed by atoms with Gasteiger partial charge in [-0.1, -0.05) is 12.8 Å². The molecule has 1 fully saturated rings. The molecule has 1 N–H and O–H groups in total. The van der Waals surface area contributed by atoms with Crippen LogP contribution in [0.5, 0.6) is 0 Å². The third-order valence-corrected chi connectivity index (χ3v) is 2.53. The van der Waals surface area contributed by atoms with Gasteiger partial charge in [0.1, 0.15) is 0 Å². The van der Waals surface area contributed by atoms with E-state index < -0.39 is 5.97 Å². The van der Waals surface area contributed by atoms with Crippen molar-refractivity contribution in [2.24, 2.45) is 0 Å². The molecule has 0 aromatic carbocycles. The van der Waals surface area contributed by atoms with Crippen LogP contribution < -0.4 is 0 Å². The van der Waals surface area contributed by atoms with Crippen molar-refractivity contribution in [1.82, 2.24) is 4.90 Å². The molecule has 1 aliphatic rings. The summed E-state index contributed by atoms with van der Waals surface area (Å²) >= 11 is 0. The maximum atomic E-state index is 10.5. The molecule has 1 saturated heterocycles. The van der Waals surface area contributed by atoms with Crippen molar-refractivity contribution in [1.29, 1.82) is 0 Å². The third-order valence-electron chi connectivity index (χ3n) is 2.53. The SMILES string of the molecule is CC1CCCCCN1CC(=O)O. The van der Waals surface area contributed by atoms with Gasteiger partial charge in [-0.25, -0.2) is 0 Å². The van der Waals surface area contributed by atoms with E-state index in [1.165, 1.54) is 12.8 Å². The van der Waals surface area contributed by atoms with E-state index >= 15 is 0 Å². The predicted molar refractivity (Wildman–Crippen MR) is 47.1 cm³/mol. The van der Waals surface area contributed by atoms with E-state index in [2.05, 4.69) is 11.8 Å². The number of nitrogens with zero attached hydrogens (tertiary/aromatic N) is 1. The lowest BCUT2D eigenvalue weighted by Crippen LogP contribution is -2.36. The molecular formula is C9H17NO2. The Labute approximate surface area is 73.4 Å². The Hall–Kier alpha value is -0.570. The monoisotopic (exact) mass is 171 g/mol. The van der Waals surface area contributed by atoms with Crippen LogP contribution in [0.1, 0.15) is 32.6 Å². The zero-order valence-electron chi connectivity index (χ0n) is 7.62. The maximum Gasteiger partial charge on any atom is 0.317 e. The summed E-state index contributed by atoms with van der Waals surface area (Å²) in [5.74, 6) is -0.705. The van der Waals surface area contributed by atoms with Gasteiger partial charge in [0.05, 0.1) is 6.54 Å². The number of carbonyl (C=O) groups is 1. The summed E-state index contributed by atoms with van der Waals surface area (Å²) in [5.41, 5.74) is 0. The lowest BCUT2D eigenvalue weighted by molar-refractivity contribution is -0.138. The summed E-state index contributed by atoms with van der Waals surface area (Å²) in [5, 5.41) is 8.63. The van der Waals surface area contributed by atoms with E-state index in [1.54, 1.807) is 0 Å². The minimum atomic E-state index is -0.705. The molecule has 0 aliphatic carbocycles. The number of aliphatic carboxylic acids is 1. The zero-order valence-corrected chi connectivity index (χ0v) is 7.62. The summed E-state index contributed by atoms with van der Waals surface area (Å²) in [6, 6.07) is 0.448. The molecule has 1 unspecified atom stereocenters. The first-order chi connectivity index (χ1) is 5.70. The lowest BCUT2D eigenvalue weighted by Gasteiger charge is -2.24. The first-order valence-electron chi connectivity index (χ1n) is 4.66. The Morgan fingerprint density at radius 1 is 1.50 bits per heavy atom. The smallest absolute Gasteiger partial charge is 0.317 e. The van der Waals surface area contributed by atoms with Crippen LogP contribution in [0.4, 0.5) is 0 Å². The summed E-state index contributed by atoms with van der Waals surface area (Å²) in [6.45, 7) is 3.28. The highest BCUT2D eigenvalue weighted by atomic mass is 16.4. The molecule has 0 bridgehead atoms. The molecule has 0 aromatic rings. The first kappa shape index (κ1) is 9.52.